The molecule has 1 N–H and O–H groups in total. The molecule has 1 amide bonds. The minimum Gasteiger partial charge on any atom is -0.322 e. The Morgan fingerprint density at radius 3 is 2.55 bits per heavy atom. The normalized spacial score (nSPS) is 11.3. The Balaban J connectivity index is 2.30. The first kappa shape index (κ1) is 15.7. The Labute approximate surface area is 123 Å². The van der Waals surface area contributed by atoms with Gasteiger partial charge in [-0.05, 0) is 19.1 Å². The number of rotatable bonds is 3. The second-order valence-corrected chi connectivity index (χ2v) is 4.65. The van der Waals surface area contributed by atoms with Gasteiger partial charge < -0.3 is 5.32 Å². The zero-order chi connectivity index (χ0) is 16.5. The van der Waals surface area contributed by atoms with E-state index in [2.05, 4.69) is 10.4 Å². The van der Waals surface area contributed by atoms with Gasteiger partial charge in [-0.2, -0.15) is 18.3 Å². The highest BCUT2D eigenvalue weighted by Crippen LogP contribution is 2.30. The van der Waals surface area contributed by atoms with Crippen LogP contribution in [0.4, 0.5) is 18.9 Å². The van der Waals surface area contributed by atoms with Crippen molar-refractivity contribution in [2.45, 2.75) is 13.1 Å². The third-order valence-corrected chi connectivity index (χ3v) is 2.87. The molecule has 116 valence electrons. The van der Waals surface area contributed by atoms with E-state index in [-0.39, 0.29) is 11.5 Å². The standard InChI is InChI=1S/C14H12F3N3O2/c1-8(21)9-4-3-5-10(6-9)18-13(22)11-7-20(2)19-12(11)14(15,16)17/h3-7H,1-2H3,(H,18,22). The number of hydrogen-bond acceptors (Lipinski definition) is 3. The Morgan fingerprint density at radius 1 is 1.27 bits per heavy atom. The van der Waals surface area contributed by atoms with Gasteiger partial charge in [-0.15, -0.1) is 0 Å². The Morgan fingerprint density at radius 2 is 1.95 bits per heavy atom. The summed E-state index contributed by atoms with van der Waals surface area (Å²) in [5.74, 6) is -1.16. The van der Waals surface area contributed by atoms with Crippen molar-refractivity contribution in [3.8, 4) is 0 Å². The summed E-state index contributed by atoms with van der Waals surface area (Å²) in [6.07, 6.45) is -3.73. The second-order valence-electron chi connectivity index (χ2n) is 4.65. The zero-order valence-electron chi connectivity index (χ0n) is 11.7. The molecule has 0 aliphatic carbocycles. The van der Waals surface area contributed by atoms with Crippen molar-refractivity contribution in [3.05, 3.63) is 47.3 Å². The molecule has 0 atom stereocenters. The van der Waals surface area contributed by atoms with Crippen LogP contribution in [-0.4, -0.2) is 21.5 Å². The molecule has 0 radical (unpaired) electrons. The van der Waals surface area contributed by atoms with Gasteiger partial charge in [0.1, 0.15) is 0 Å². The maximum atomic E-state index is 12.8. The fourth-order valence-corrected chi connectivity index (χ4v) is 1.88. The molecular weight excluding hydrogens is 299 g/mol. The van der Waals surface area contributed by atoms with Crippen molar-refractivity contribution in [1.82, 2.24) is 9.78 Å². The van der Waals surface area contributed by atoms with Gasteiger partial charge in [-0.3, -0.25) is 14.3 Å². The number of halogens is 3. The van der Waals surface area contributed by atoms with Crippen LogP contribution >= 0.6 is 0 Å². The predicted molar refractivity (Wildman–Crippen MR) is 72.6 cm³/mol. The molecule has 2 rings (SSSR count). The van der Waals surface area contributed by atoms with E-state index in [9.17, 15) is 22.8 Å². The first-order valence-electron chi connectivity index (χ1n) is 6.21. The second kappa shape index (κ2) is 5.63. The van der Waals surface area contributed by atoms with Crippen LogP contribution in [0.25, 0.3) is 0 Å². The van der Waals surface area contributed by atoms with Crippen molar-refractivity contribution in [2.24, 2.45) is 7.05 Å². The number of hydrogen-bond donors (Lipinski definition) is 1. The molecule has 0 bridgehead atoms. The highest BCUT2D eigenvalue weighted by atomic mass is 19.4. The summed E-state index contributed by atoms with van der Waals surface area (Å²) in [5, 5.41) is 5.60. The third kappa shape index (κ3) is 3.33. The maximum absolute atomic E-state index is 12.8. The number of amides is 1. The fraction of sp³-hybridized carbons (Fsp3) is 0.214. The van der Waals surface area contributed by atoms with Gasteiger partial charge in [0.25, 0.3) is 5.91 Å². The maximum Gasteiger partial charge on any atom is 0.435 e. The molecule has 1 aromatic carbocycles. The molecule has 0 fully saturated rings. The van der Waals surface area contributed by atoms with Crippen LogP contribution in [0.3, 0.4) is 0 Å². The topological polar surface area (TPSA) is 64.0 Å². The van der Waals surface area contributed by atoms with Crippen molar-refractivity contribution in [2.75, 3.05) is 5.32 Å². The van der Waals surface area contributed by atoms with Gasteiger partial charge in [0.15, 0.2) is 11.5 Å². The molecule has 1 aromatic heterocycles. The number of Topliss-reactive ketones (excluding diaryl/α,β-unsaturated/α-hetero) is 1. The lowest BCUT2D eigenvalue weighted by Gasteiger charge is -2.08. The molecular formula is C14H12F3N3O2. The van der Waals surface area contributed by atoms with Crippen LogP contribution < -0.4 is 5.32 Å². The number of alkyl halides is 3. The number of aromatic nitrogens is 2. The molecule has 22 heavy (non-hydrogen) atoms. The Bertz CT molecular complexity index is 735. The quantitative estimate of drug-likeness (QED) is 0.887. The number of anilines is 1. The summed E-state index contributed by atoms with van der Waals surface area (Å²) >= 11 is 0. The minimum atomic E-state index is -4.73. The SMILES string of the molecule is CC(=O)c1cccc(NC(=O)c2cn(C)nc2C(F)(F)F)c1. The molecule has 0 aliphatic heterocycles. The van der Waals surface area contributed by atoms with Crippen LogP contribution in [0.5, 0.6) is 0 Å². The smallest absolute Gasteiger partial charge is 0.322 e. The lowest BCUT2D eigenvalue weighted by atomic mass is 10.1. The Kier molecular flexibility index (Phi) is 4.03. The van der Waals surface area contributed by atoms with Crippen molar-refractivity contribution < 1.29 is 22.8 Å². The third-order valence-electron chi connectivity index (χ3n) is 2.87. The van der Waals surface area contributed by atoms with Crippen LogP contribution in [0.2, 0.25) is 0 Å². The number of nitrogens with zero attached hydrogens (tertiary/aromatic N) is 2. The number of carbonyl (C=O) groups excluding carboxylic acids is 2. The van der Waals surface area contributed by atoms with Gasteiger partial charge >= 0.3 is 6.18 Å². The molecule has 5 nitrogen and oxygen atoms in total. The first-order chi connectivity index (χ1) is 10.2. The number of nitrogens with one attached hydrogen (secondary N) is 1. The zero-order valence-corrected chi connectivity index (χ0v) is 11.7. The summed E-state index contributed by atoms with van der Waals surface area (Å²) < 4.78 is 39.4. The van der Waals surface area contributed by atoms with E-state index in [0.717, 1.165) is 10.9 Å². The minimum absolute atomic E-state index is 0.214. The highest BCUT2D eigenvalue weighted by molar-refractivity contribution is 6.05. The monoisotopic (exact) mass is 311 g/mol. The Hall–Kier alpha value is -2.64. The number of ketones is 1. The molecule has 0 unspecified atom stereocenters. The molecule has 2 aromatic rings. The molecule has 0 saturated carbocycles. The van der Waals surface area contributed by atoms with Crippen LogP contribution in [0, 0.1) is 0 Å². The van der Waals surface area contributed by atoms with E-state index >= 15 is 0 Å². The van der Waals surface area contributed by atoms with Crippen LogP contribution in [0.15, 0.2) is 30.5 Å². The van der Waals surface area contributed by atoms with E-state index < -0.39 is 23.3 Å². The fourth-order valence-electron chi connectivity index (χ4n) is 1.88. The van der Waals surface area contributed by atoms with Crippen molar-refractivity contribution in [3.63, 3.8) is 0 Å². The molecule has 8 heteroatoms. The lowest BCUT2D eigenvalue weighted by molar-refractivity contribution is -0.141. The largest absolute Gasteiger partial charge is 0.435 e. The molecule has 0 saturated heterocycles. The molecule has 1 heterocycles. The highest BCUT2D eigenvalue weighted by Gasteiger charge is 2.38. The number of carbonyl (C=O) groups is 2. The summed E-state index contributed by atoms with van der Waals surface area (Å²) in [4.78, 5) is 23.3. The molecule has 0 spiro atoms. The van der Waals surface area contributed by atoms with Gasteiger partial charge in [0.05, 0.1) is 5.56 Å². The van der Waals surface area contributed by atoms with E-state index in [1.807, 2.05) is 0 Å². The van der Waals surface area contributed by atoms with Gasteiger partial charge in [0, 0.05) is 24.5 Å². The summed E-state index contributed by atoms with van der Waals surface area (Å²) in [6, 6.07) is 5.95. The number of aryl methyl sites for hydroxylation is 1. The van der Waals surface area contributed by atoms with Crippen molar-refractivity contribution >= 4 is 17.4 Å². The summed E-state index contributed by atoms with van der Waals surface area (Å²) in [7, 11) is 1.29. The first-order valence-corrected chi connectivity index (χ1v) is 6.21. The number of benzene rings is 1. The summed E-state index contributed by atoms with van der Waals surface area (Å²) in [6.45, 7) is 1.35. The van der Waals surface area contributed by atoms with E-state index in [1.165, 1.54) is 32.2 Å². The van der Waals surface area contributed by atoms with Crippen LogP contribution in [0.1, 0.15) is 33.3 Å². The average molecular weight is 311 g/mol. The van der Waals surface area contributed by atoms with E-state index in [1.54, 1.807) is 6.07 Å². The molecule has 0 aliphatic rings. The predicted octanol–water partition coefficient (Wildman–Crippen LogP) is 2.89. The summed E-state index contributed by atoms with van der Waals surface area (Å²) in [5.41, 5.74) is -1.26. The van der Waals surface area contributed by atoms with Gasteiger partial charge in [0.2, 0.25) is 0 Å². The van der Waals surface area contributed by atoms with Gasteiger partial charge in [-0.1, -0.05) is 12.1 Å². The van der Waals surface area contributed by atoms with E-state index in [4.69, 9.17) is 0 Å². The van der Waals surface area contributed by atoms with Gasteiger partial charge in [-0.25, -0.2) is 0 Å². The van der Waals surface area contributed by atoms with Crippen molar-refractivity contribution in [1.29, 1.82) is 0 Å². The average Bonchev–Trinajstić information content (AvgIpc) is 2.81. The van der Waals surface area contributed by atoms with Crippen LogP contribution in [-0.2, 0) is 13.2 Å². The van der Waals surface area contributed by atoms with E-state index in [0.29, 0.717) is 5.56 Å². The lowest BCUT2D eigenvalue weighted by Crippen LogP contribution is -2.18.